The number of hydrogen-bond donors (Lipinski definition) is 1. The molecule has 0 radical (unpaired) electrons. The molecule has 0 aliphatic heterocycles. The first-order chi connectivity index (χ1) is 6.31. The van der Waals surface area contributed by atoms with Crippen molar-refractivity contribution in [1.82, 2.24) is 4.57 Å². The van der Waals surface area contributed by atoms with Crippen molar-refractivity contribution >= 4 is 16.7 Å². The van der Waals surface area contributed by atoms with Crippen LogP contribution >= 0.6 is 0 Å². The van der Waals surface area contributed by atoms with Gasteiger partial charge in [0.05, 0.1) is 0 Å². The van der Waals surface area contributed by atoms with Crippen LogP contribution in [0.15, 0.2) is 36.7 Å². The summed E-state index contributed by atoms with van der Waals surface area (Å²) >= 11 is 0. The number of aliphatic hydroxyl groups is 1. The topological polar surface area (TPSA) is 42.2 Å². The molecule has 0 fully saturated rings. The monoisotopic (exact) mass is 175 g/mol. The summed E-state index contributed by atoms with van der Waals surface area (Å²) in [7, 11) is 0. The highest BCUT2D eigenvalue weighted by Gasteiger charge is 2.03. The van der Waals surface area contributed by atoms with Crippen LogP contribution in [-0.4, -0.2) is 22.2 Å². The Bertz CT molecular complexity index is 412. The zero-order valence-corrected chi connectivity index (χ0v) is 6.97. The van der Waals surface area contributed by atoms with Crippen molar-refractivity contribution in [3.63, 3.8) is 0 Å². The molecular formula is C10H9NO2. The van der Waals surface area contributed by atoms with Crippen molar-refractivity contribution in [3.8, 4) is 0 Å². The molecule has 0 aliphatic rings. The second-order valence-electron chi connectivity index (χ2n) is 2.85. The van der Waals surface area contributed by atoms with Gasteiger partial charge in [-0.05, 0) is 10.8 Å². The van der Waals surface area contributed by atoms with Gasteiger partial charge in [0.15, 0.2) is 0 Å². The van der Waals surface area contributed by atoms with Gasteiger partial charge in [-0.2, -0.15) is 0 Å². The standard InChI is InChI=1S/C10H9NO2/c12-7-10(13)11-5-8-3-1-2-4-9(8)6-11/h1-6,12H,7H2. The van der Waals surface area contributed by atoms with Gasteiger partial charge in [0.1, 0.15) is 6.61 Å². The lowest BCUT2D eigenvalue weighted by Crippen LogP contribution is -2.11. The minimum Gasteiger partial charge on any atom is -0.387 e. The SMILES string of the molecule is O=C(CO)n1cc2ccccc2c1. The van der Waals surface area contributed by atoms with Crippen LogP contribution in [0.25, 0.3) is 10.8 Å². The van der Waals surface area contributed by atoms with E-state index in [4.69, 9.17) is 5.11 Å². The molecule has 66 valence electrons. The number of benzene rings is 1. The molecule has 1 heterocycles. The molecule has 2 rings (SSSR count). The van der Waals surface area contributed by atoms with Crippen LogP contribution in [0.3, 0.4) is 0 Å². The molecule has 1 aromatic carbocycles. The number of carbonyl (C=O) groups is 1. The first kappa shape index (κ1) is 8.01. The van der Waals surface area contributed by atoms with Crippen LogP contribution in [-0.2, 0) is 0 Å². The fourth-order valence-corrected chi connectivity index (χ4v) is 1.31. The number of nitrogens with zero attached hydrogens (tertiary/aromatic N) is 1. The molecule has 0 unspecified atom stereocenters. The molecular weight excluding hydrogens is 166 g/mol. The number of aliphatic hydroxyl groups excluding tert-OH is 1. The van der Waals surface area contributed by atoms with E-state index in [9.17, 15) is 4.79 Å². The average molecular weight is 175 g/mol. The second kappa shape index (κ2) is 3.03. The molecule has 0 amide bonds. The number of rotatable bonds is 1. The highest BCUT2D eigenvalue weighted by molar-refractivity contribution is 5.89. The van der Waals surface area contributed by atoms with Gasteiger partial charge in [0.25, 0.3) is 5.91 Å². The summed E-state index contributed by atoms with van der Waals surface area (Å²) in [4.78, 5) is 11.1. The van der Waals surface area contributed by atoms with Crippen molar-refractivity contribution in [3.05, 3.63) is 36.7 Å². The van der Waals surface area contributed by atoms with E-state index in [-0.39, 0.29) is 5.91 Å². The van der Waals surface area contributed by atoms with E-state index in [1.54, 1.807) is 12.4 Å². The molecule has 1 N–H and O–H groups in total. The Hall–Kier alpha value is -1.61. The smallest absolute Gasteiger partial charge is 0.256 e. The highest BCUT2D eigenvalue weighted by Crippen LogP contribution is 2.13. The van der Waals surface area contributed by atoms with Gasteiger partial charge >= 0.3 is 0 Å². The zero-order valence-electron chi connectivity index (χ0n) is 6.97. The summed E-state index contributed by atoms with van der Waals surface area (Å²) in [6.45, 7) is -0.457. The van der Waals surface area contributed by atoms with E-state index in [1.165, 1.54) is 4.57 Å². The fraction of sp³-hybridized carbons (Fsp3) is 0.100. The van der Waals surface area contributed by atoms with E-state index in [2.05, 4.69) is 0 Å². The minimum atomic E-state index is -0.457. The molecule has 0 saturated carbocycles. The summed E-state index contributed by atoms with van der Waals surface area (Å²) < 4.78 is 1.41. The molecule has 0 bridgehead atoms. The Morgan fingerprint density at radius 2 is 1.77 bits per heavy atom. The molecule has 2 aromatic rings. The average Bonchev–Trinajstić information content (AvgIpc) is 2.59. The summed E-state index contributed by atoms with van der Waals surface area (Å²) in [6, 6.07) is 7.68. The summed E-state index contributed by atoms with van der Waals surface area (Å²) in [5.41, 5.74) is 0. The third-order valence-electron chi connectivity index (χ3n) is 1.98. The van der Waals surface area contributed by atoms with Crippen LogP contribution < -0.4 is 0 Å². The van der Waals surface area contributed by atoms with Crippen molar-refractivity contribution in [2.24, 2.45) is 0 Å². The Morgan fingerprint density at radius 1 is 1.23 bits per heavy atom. The summed E-state index contributed by atoms with van der Waals surface area (Å²) in [6.07, 6.45) is 3.43. The molecule has 3 nitrogen and oxygen atoms in total. The van der Waals surface area contributed by atoms with Crippen molar-refractivity contribution in [2.45, 2.75) is 0 Å². The van der Waals surface area contributed by atoms with E-state index >= 15 is 0 Å². The third kappa shape index (κ3) is 1.34. The van der Waals surface area contributed by atoms with Crippen LogP contribution in [0, 0.1) is 0 Å². The third-order valence-corrected chi connectivity index (χ3v) is 1.98. The number of fused-ring (bicyclic) bond motifs is 1. The minimum absolute atomic E-state index is 0.309. The fourth-order valence-electron chi connectivity index (χ4n) is 1.31. The van der Waals surface area contributed by atoms with Gasteiger partial charge in [-0.3, -0.25) is 9.36 Å². The lowest BCUT2D eigenvalue weighted by Gasteiger charge is -1.93. The summed E-state index contributed by atoms with van der Waals surface area (Å²) in [5, 5.41) is 10.7. The van der Waals surface area contributed by atoms with Gasteiger partial charge < -0.3 is 5.11 Å². The van der Waals surface area contributed by atoms with Crippen molar-refractivity contribution in [1.29, 1.82) is 0 Å². The van der Waals surface area contributed by atoms with Gasteiger partial charge in [-0.15, -0.1) is 0 Å². The molecule has 0 spiro atoms. The maximum Gasteiger partial charge on any atom is 0.256 e. The highest BCUT2D eigenvalue weighted by atomic mass is 16.3. The van der Waals surface area contributed by atoms with E-state index < -0.39 is 6.61 Å². The number of carbonyl (C=O) groups excluding carboxylic acids is 1. The van der Waals surface area contributed by atoms with Gasteiger partial charge in [0, 0.05) is 12.4 Å². The van der Waals surface area contributed by atoms with Gasteiger partial charge in [0.2, 0.25) is 0 Å². The Labute approximate surface area is 75.2 Å². The predicted molar refractivity (Wildman–Crippen MR) is 49.7 cm³/mol. The molecule has 13 heavy (non-hydrogen) atoms. The molecule has 0 saturated heterocycles. The van der Waals surface area contributed by atoms with Crippen LogP contribution in [0.1, 0.15) is 4.79 Å². The van der Waals surface area contributed by atoms with Crippen molar-refractivity contribution in [2.75, 3.05) is 6.61 Å². The maximum absolute atomic E-state index is 11.1. The zero-order chi connectivity index (χ0) is 9.26. The van der Waals surface area contributed by atoms with Gasteiger partial charge in [-0.1, -0.05) is 24.3 Å². The van der Waals surface area contributed by atoms with Crippen LogP contribution in [0.5, 0.6) is 0 Å². The summed E-state index contributed by atoms with van der Waals surface area (Å²) in [5.74, 6) is -0.309. The largest absolute Gasteiger partial charge is 0.387 e. The first-order valence-electron chi connectivity index (χ1n) is 4.02. The Kier molecular flexibility index (Phi) is 1.87. The lowest BCUT2D eigenvalue weighted by molar-refractivity contribution is 0.0819. The van der Waals surface area contributed by atoms with Crippen molar-refractivity contribution < 1.29 is 9.90 Å². The Balaban J connectivity index is 2.56. The molecule has 3 heteroatoms. The first-order valence-corrected chi connectivity index (χ1v) is 4.02. The van der Waals surface area contributed by atoms with Crippen LogP contribution in [0.2, 0.25) is 0 Å². The second-order valence-corrected chi connectivity index (χ2v) is 2.85. The van der Waals surface area contributed by atoms with Gasteiger partial charge in [-0.25, -0.2) is 0 Å². The van der Waals surface area contributed by atoms with E-state index in [0.717, 1.165) is 10.8 Å². The molecule has 0 aliphatic carbocycles. The normalized spacial score (nSPS) is 10.5. The predicted octanol–water partition coefficient (Wildman–Crippen LogP) is 1.27. The quantitative estimate of drug-likeness (QED) is 0.709. The van der Waals surface area contributed by atoms with E-state index in [0.29, 0.717) is 0 Å². The van der Waals surface area contributed by atoms with Crippen LogP contribution in [0.4, 0.5) is 0 Å². The number of aromatic nitrogens is 1. The number of hydrogen-bond acceptors (Lipinski definition) is 2. The molecule has 0 atom stereocenters. The lowest BCUT2D eigenvalue weighted by atomic mass is 10.2. The maximum atomic E-state index is 11.1. The molecule has 1 aromatic heterocycles. The van der Waals surface area contributed by atoms with E-state index in [1.807, 2.05) is 24.3 Å². The Morgan fingerprint density at radius 3 is 2.23 bits per heavy atom.